The number of hydrogen-bond acceptors (Lipinski definition) is 6. The van der Waals surface area contributed by atoms with E-state index in [1.807, 2.05) is 25.1 Å². The quantitative estimate of drug-likeness (QED) is 0.284. The molecule has 0 fully saturated rings. The lowest BCUT2D eigenvalue weighted by molar-refractivity contribution is -0.147. The summed E-state index contributed by atoms with van der Waals surface area (Å²) in [4.78, 5) is 12.4. The molecule has 4 rings (SSSR count). The largest absolute Gasteiger partial charge is 0.496 e. The summed E-state index contributed by atoms with van der Waals surface area (Å²) in [5.74, 6) is -0.672. The summed E-state index contributed by atoms with van der Waals surface area (Å²) in [6.45, 7) is 3.71. The zero-order chi connectivity index (χ0) is 24.6. The predicted molar refractivity (Wildman–Crippen MR) is 123 cm³/mol. The van der Waals surface area contributed by atoms with E-state index in [2.05, 4.69) is 26.1 Å². The van der Waals surface area contributed by atoms with Gasteiger partial charge in [-0.05, 0) is 60.8 Å². The van der Waals surface area contributed by atoms with Crippen molar-refractivity contribution in [2.24, 2.45) is 0 Å². The van der Waals surface area contributed by atoms with Crippen LogP contribution in [-0.4, -0.2) is 34.5 Å². The number of esters is 1. The Balaban J connectivity index is 1.98. The van der Waals surface area contributed by atoms with E-state index in [1.54, 1.807) is 32.2 Å². The first-order chi connectivity index (χ1) is 16.2. The van der Waals surface area contributed by atoms with Gasteiger partial charge < -0.3 is 14.2 Å². The van der Waals surface area contributed by atoms with Crippen LogP contribution in [0, 0.1) is 6.92 Å². The van der Waals surface area contributed by atoms with E-state index in [9.17, 15) is 13.6 Å². The first-order valence-electron chi connectivity index (χ1n) is 10.4. The number of hydrogen-bond donors (Lipinski definition) is 0. The normalized spacial score (nSPS) is 17.5. The average molecular weight is 557 g/mol. The minimum Gasteiger partial charge on any atom is -0.496 e. The Morgan fingerprint density at radius 1 is 1.26 bits per heavy atom. The highest BCUT2D eigenvalue weighted by Crippen LogP contribution is 2.45. The number of carbonyl (C=O) groups excluding carboxylic acids is 1. The van der Waals surface area contributed by atoms with E-state index in [-0.39, 0.29) is 18.9 Å². The molecule has 0 bridgehead atoms. The molecule has 1 aromatic heterocycles. The third-order valence-corrected chi connectivity index (χ3v) is 6.19. The van der Waals surface area contributed by atoms with Crippen LogP contribution in [-0.2, 0) is 19.6 Å². The smallest absolute Gasteiger partial charge is 0.382 e. The van der Waals surface area contributed by atoms with Crippen molar-refractivity contribution in [2.45, 2.75) is 37.9 Å². The molecule has 7 nitrogen and oxygen atoms in total. The molecule has 1 aliphatic heterocycles. The van der Waals surface area contributed by atoms with Crippen molar-refractivity contribution in [2.75, 3.05) is 13.7 Å². The minimum absolute atomic E-state index is 0.0231. The highest BCUT2D eigenvalue weighted by molar-refractivity contribution is 9.10. The lowest BCUT2D eigenvalue weighted by Gasteiger charge is -2.24. The number of nitrogens with zero attached hydrogens (tertiary/aromatic N) is 3. The fraction of sp³-hybridized carbons (Fsp3) is 0.348. The molecule has 2 atom stereocenters. The Labute approximate surface area is 208 Å². The van der Waals surface area contributed by atoms with Gasteiger partial charge in [-0.3, -0.25) is 9.36 Å². The molecule has 34 heavy (non-hydrogen) atoms. The molecule has 2 heterocycles. The monoisotopic (exact) mass is 555 g/mol. The number of rotatable bonds is 6. The van der Waals surface area contributed by atoms with Crippen molar-refractivity contribution >= 4 is 33.5 Å². The van der Waals surface area contributed by atoms with E-state index in [0.717, 1.165) is 15.7 Å². The van der Waals surface area contributed by atoms with E-state index < -0.39 is 29.4 Å². The van der Waals surface area contributed by atoms with Crippen molar-refractivity contribution in [1.82, 2.24) is 14.8 Å². The number of methoxy groups -OCH3 is 1. The first kappa shape index (κ1) is 24.6. The molecule has 11 heteroatoms. The zero-order valence-corrected chi connectivity index (χ0v) is 20.9. The molecular formula is C23H21BrClF2N3O4. The van der Waals surface area contributed by atoms with Gasteiger partial charge in [0.1, 0.15) is 18.0 Å². The summed E-state index contributed by atoms with van der Waals surface area (Å²) < 4.78 is 47.6. The number of ether oxygens (including phenoxy) is 3. The molecule has 0 saturated carbocycles. The third kappa shape index (κ3) is 4.54. The van der Waals surface area contributed by atoms with Crippen LogP contribution in [0.1, 0.15) is 53.9 Å². The Morgan fingerprint density at radius 2 is 2.03 bits per heavy atom. The van der Waals surface area contributed by atoms with Crippen LogP contribution in [0.4, 0.5) is 8.78 Å². The molecule has 0 N–H and O–H groups in total. The Hall–Kier alpha value is -2.56. The van der Waals surface area contributed by atoms with Crippen LogP contribution >= 0.6 is 27.5 Å². The third-order valence-electron chi connectivity index (χ3n) is 5.53. The summed E-state index contributed by atoms with van der Waals surface area (Å²) in [5.41, 5.74) is 2.46. The fourth-order valence-electron chi connectivity index (χ4n) is 4.05. The molecule has 1 aliphatic rings. The van der Waals surface area contributed by atoms with Crippen LogP contribution in [0.5, 0.6) is 5.75 Å². The highest BCUT2D eigenvalue weighted by Gasteiger charge is 2.42. The standard InChI is InChI=1S/C23H21BrClF2N3O4/c1-4-33-19(31)11-18-21-28-29-22(23(25,26)27)30(21)16-9-8-13(24)10-15(16)20(34-18)14-6-5-7-17(32-3)12(14)2/h5-10,18,20H,4,11H2,1-3H3/t18-,20+/m1/s1. The SMILES string of the molecule is CCOC(=O)C[C@H]1O[C@@H](c2cccc(OC)c2C)c2cc(Br)ccc2-n2c1nnc2C(F)(F)Cl. The van der Waals surface area contributed by atoms with Gasteiger partial charge in [-0.15, -0.1) is 10.2 Å². The molecular weight excluding hydrogens is 536 g/mol. The van der Waals surface area contributed by atoms with Gasteiger partial charge in [0.25, 0.3) is 0 Å². The van der Waals surface area contributed by atoms with E-state index in [4.69, 9.17) is 25.8 Å². The van der Waals surface area contributed by atoms with Crippen molar-refractivity contribution in [3.05, 3.63) is 69.2 Å². The van der Waals surface area contributed by atoms with Gasteiger partial charge in [0.05, 0.1) is 25.8 Å². The van der Waals surface area contributed by atoms with E-state index in [0.29, 0.717) is 21.5 Å². The Bertz CT molecular complexity index is 1230. The van der Waals surface area contributed by atoms with E-state index >= 15 is 0 Å². The van der Waals surface area contributed by atoms with Crippen LogP contribution in [0.2, 0.25) is 0 Å². The summed E-state index contributed by atoms with van der Waals surface area (Å²) in [7, 11) is 1.56. The average Bonchev–Trinajstić information content (AvgIpc) is 3.18. The van der Waals surface area contributed by atoms with Crippen molar-refractivity contribution in [1.29, 1.82) is 0 Å². The molecule has 0 aliphatic carbocycles. The maximum atomic E-state index is 14.4. The second-order valence-corrected chi connectivity index (χ2v) is 9.00. The van der Waals surface area contributed by atoms with Gasteiger partial charge >= 0.3 is 11.4 Å². The molecule has 0 radical (unpaired) electrons. The number of carbonyl (C=O) groups is 1. The topological polar surface area (TPSA) is 75.5 Å². The maximum Gasteiger partial charge on any atom is 0.382 e. The van der Waals surface area contributed by atoms with E-state index in [1.165, 1.54) is 0 Å². The lowest BCUT2D eigenvalue weighted by atomic mass is 9.95. The van der Waals surface area contributed by atoms with Crippen LogP contribution < -0.4 is 4.74 Å². The Morgan fingerprint density at radius 3 is 2.71 bits per heavy atom. The van der Waals surface area contributed by atoms with Gasteiger partial charge in [-0.25, -0.2) is 0 Å². The molecule has 180 valence electrons. The van der Waals surface area contributed by atoms with Gasteiger partial charge in [0, 0.05) is 10.0 Å². The number of benzene rings is 2. The molecule has 0 unspecified atom stereocenters. The molecule has 0 amide bonds. The highest BCUT2D eigenvalue weighted by atomic mass is 79.9. The van der Waals surface area contributed by atoms with Crippen LogP contribution in [0.15, 0.2) is 40.9 Å². The summed E-state index contributed by atoms with van der Waals surface area (Å²) >= 11 is 8.85. The number of halogens is 4. The van der Waals surface area contributed by atoms with Crippen molar-refractivity contribution < 1.29 is 27.8 Å². The first-order valence-corrected chi connectivity index (χ1v) is 11.6. The molecule has 3 aromatic rings. The van der Waals surface area contributed by atoms with Gasteiger partial charge in [-0.2, -0.15) is 8.78 Å². The van der Waals surface area contributed by atoms with Crippen molar-refractivity contribution in [3.63, 3.8) is 0 Å². The van der Waals surface area contributed by atoms with Gasteiger partial charge in [0.15, 0.2) is 5.82 Å². The lowest BCUT2D eigenvalue weighted by Crippen LogP contribution is -2.18. The molecule has 0 saturated heterocycles. The predicted octanol–water partition coefficient (Wildman–Crippen LogP) is 5.75. The second-order valence-electron chi connectivity index (χ2n) is 7.61. The van der Waals surface area contributed by atoms with Crippen LogP contribution in [0.3, 0.4) is 0 Å². The minimum atomic E-state index is -3.81. The number of alkyl halides is 3. The summed E-state index contributed by atoms with van der Waals surface area (Å²) in [6, 6.07) is 10.6. The second kappa shape index (κ2) is 9.59. The number of fused-ring (bicyclic) bond motifs is 3. The Kier molecular flexibility index (Phi) is 6.93. The van der Waals surface area contributed by atoms with Crippen molar-refractivity contribution in [3.8, 4) is 11.4 Å². The fourth-order valence-corrected chi connectivity index (χ4v) is 4.55. The zero-order valence-electron chi connectivity index (χ0n) is 18.5. The van der Waals surface area contributed by atoms with Gasteiger partial charge in [0.2, 0.25) is 5.82 Å². The molecule has 0 spiro atoms. The van der Waals surface area contributed by atoms with Crippen LogP contribution in [0.25, 0.3) is 5.69 Å². The molecule has 2 aromatic carbocycles. The van der Waals surface area contributed by atoms with Gasteiger partial charge in [-0.1, -0.05) is 28.1 Å². The number of aromatic nitrogens is 3. The summed E-state index contributed by atoms with van der Waals surface area (Å²) in [5, 5.41) is 3.80. The maximum absolute atomic E-state index is 14.4. The summed E-state index contributed by atoms with van der Waals surface area (Å²) in [6.07, 6.45) is -2.05.